The van der Waals surface area contributed by atoms with E-state index in [1.165, 1.54) is 21.2 Å². The summed E-state index contributed by atoms with van der Waals surface area (Å²) in [6.45, 7) is 5.84. The van der Waals surface area contributed by atoms with Crippen LogP contribution in [0.5, 0.6) is 0 Å². The number of hydrogen-bond acceptors (Lipinski definition) is 4. The molecule has 0 radical (unpaired) electrons. The van der Waals surface area contributed by atoms with Crippen molar-refractivity contribution in [1.82, 2.24) is 4.90 Å². The van der Waals surface area contributed by atoms with Crippen molar-refractivity contribution >= 4 is 43.0 Å². The lowest BCUT2D eigenvalue weighted by atomic mass is 9.90. The molecule has 5 rings (SSSR count). The van der Waals surface area contributed by atoms with Crippen molar-refractivity contribution in [1.29, 1.82) is 0 Å². The molecule has 0 N–H and O–H groups in total. The van der Waals surface area contributed by atoms with E-state index >= 15 is 0 Å². The number of anilines is 1. The number of carbonyl (C=O) groups excluding carboxylic acids is 1. The zero-order chi connectivity index (χ0) is 26.7. The van der Waals surface area contributed by atoms with Crippen LogP contribution in [0.1, 0.15) is 47.0 Å². The van der Waals surface area contributed by atoms with Gasteiger partial charge in [-0.2, -0.15) is 0 Å². The van der Waals surface area contributed by atoms with Crippen molar-refractivity contribution in [2.45, 2.75) is 44.4 Å². The van der Waals surface area contributed by atoms with Crippen LogP contribution < -0.4 is 4.31 Å². The fourth-order valence-electron chi connectivity index (χ4n) is 5.16. The molecule has 0 spiro atoms. The number of likely N-dealkylation sites (tertiary alicyclic amines) is 1. The Morgan fingerprint density at radius 3 is 2.37 bits per heavy atom. The van der Waals surface area contributed by atoms with E-state index in [1.54, 1.807) is 12.1 Å². The molecule has 198 valence electrons. The minimum Gasteiger partial charge on any atom is -0.338 e. The molecule has 0 saturated carbocycles. The SMILES string of the molecule is CCCN(c1ccc2sc(C(=O)N3CCC(Cc4ccccc4)CC3)cc2c1)S(=O)(=O)c1ccc(C)cc1. The van der Waals surface area contributed by atoms with Gasteiger partial charge in [-0.25, -0.2) is 8.42 Å². The number of benzene rings is 3. The van der Waals surface area contributed by atoms with Gasteiger partial charge in [-0.1, -0.05) is 55.0 Å². The van der Waals surface area contributed by atoms with Crippen LogP contribution in [0.25, 0.3) is 10.1 Å². The third-order valence-electron chi connectivity index (χ3n) is 7.30. The first-order valence-electron chi connectivity index (χ1n) is 13.3. The van der Waals surface area contributed by atoms with Gasteiger partial charge in [0.1, 0.15) is 0 Å². The second kappa shape index (κ2) is 11.3. The summed E-state index contributed by atoms with van der Waals surface area (Å²) in [5.74, 6) is 0.676. The zero-order valence-corrected chi connectivity index (χ0v) is 23.6. The van der Waals surface area contributed by atoms with Crippen LogP contribution in [-0.2, 0) is 16.4 Å². The predicted molar refractivity (Wildman–Crippen MR) is 157 cm³/mol. The molecule has 0 atom stereocenters. The molecule has 0 aliphatic carbocycles. The number of rotatable bonds is 8. The second-order valence-corrected chi connectivity index (χ2v) is 13.1. The minimum absolute atomic E-state index is 0.0728. The van der Waals surface area contributed by atoms with Gasteiger partial charge in [0.25, 0.3) is 15.9 Å². The quantitative estimate of drug-likeness (QED) is 0.241. The molecule has 38 heavy (non-hydrogen) atoms. The largest absolute Gasteiger partial charge is 0.338 e. The number of sulfonamides is 1. The number of amides is 1. The molecule has 1 amide bonds. The highest BCUT2D eigenvalue weighted by molar-refractivity contribution is 7.92. The molecule has 0 unspecified atom stereocenters. The van der Waals surface area contributed by atoms with Gasteiger partial charge in [-0.15, -0.1) is 11.3 Å². The van der Waals surface area contributed by atoms with E-state index in [-0.39, 0.29) is 10.8 Å². The number of piperidine rings is 1. The van der Waals surface area contributed by atoms with Crippen molar-refractivity contribution in [3.63, 3.8) is 0 Å². The first kappa shape index (κ1) is 26.4. The van der Waals surface area contributed by atoms with Gasteiger partial charge < -0.3 is 4.90 Å². The maximum Gasteiger partial charge on any atom is 0.264 e. The Labute approximate surface area is 229 Å². The van der Waals surface area contributed by atoms with Crippen molar-refractivity contribution in [2.75, 3.05) is 23.9 Å². The molecule has 1 aromatic heterocycles. The van der Waals surface area contributed by atoms with Crippen LogP contribution in [0.4, 0.5) is 5.69 Å². The van der Waals surface area contributed by atoms with Gasteiger partial charge in [0, 0.05) is 24.3 Å². The first-order valence-corrected chi connectivity index (χ1v) is 15.6. The first-order chi connectivity index (χ1) is 18.3. The Morgan fingerprint density at radius 2 is 1.68 bits per heavy atom. The maximum absolute atomic E-state index is 13.5. The highest BCUT2D eigenvalue weighted by Crippen LogP contribution is 2.33. The van der Waals surface area contributed by atoms with E-state index in [0.717, 1.165) is 48.0 Å². The van der Waals surface area contributed by atoms with Crippen LogP contribution in [-0.4, -0.2) is 38.9 Å². The lowest BCUT2D eigenvalue weighted by Crippen LogP contribution is -2.38. The van der Waals surface area contributed by atoms with Crippen molar-refractivity contribution in [3.8, 4) is 0 Å². The molecule has 1 fully saturated rings. The number of hydrogen-bond donors (Lipinski definition) is 0. The molecule has 4 aromatic rings. The van der Waals surface area contributed by atoms with Crippen LogP contribution in [0.2, 0.25) is 0 Å². The Bertz CT molecular complexity index is 1500. The van der Waals surface area contributed by atoms with Crippen molar-refractivity contribution < 1.29 is 13.2 Å². The van der Waals surface area contributed by atoms with Gasteiger partial charge in [-0.3, -0.25) is 9.10 Å². The van der Waals surface area contributed by atoms with Crippen LogP contribution in [0.15, 0.2) is 83.8 Å². The number of carbonyl (C=O) groups is 1. The summed E-state index contributed by atoms with van der Waals surface area (Å²) >= 11 is 1.48. The van der Waals surface area contributed by atoms with Crippen LogP contribution in [0, 0.1) is 12.8 Å². The third kappa shape index (κ3) is 5.64. The van der Waals surface area contributed by atoms with Crippen molar-refractivity contribution in [3.05, 3.63) is 94.9 Å². The molecular formula is C31H34N2O3S2. The van der Waals surface area contributed by atoms with Gasteiger partial charge >= 0.3 is 0 Å². The zero-order valence-electron chi connectivity index (χ0n) is 22.0. The highest BCUT2D eigenvalue weighted by atomic mass is 32.2. The smallest absolute Gasteiger partial charge is 0.264 e. The summed E-state index contributed by atoms with van der Waals surface area (Å²) in [6.07, 6.45) is 3.78. The normalized spacial score (nSPS) is 14.6. The van der Waals surface area contributed by atoms with E-state index in [4.69, 9.17) is 0 Å². The lowest BCUT2D eigenvalue weighted by molar-refractivity contribution is 0.0695. The molecule has 1 aliphatic heterocycles. The Hall–Kier alpha value is -3.16. The molecule has 2 heterocycles. The fraction of sp³-hybridized carbons (Fsp3) is 0.323. The summed E-state index contributed by atoms with van der Waals surface area (Å²) in [7, 11) is -3.69. The maximum atomic E-state index is 13.5. The summed E-state index contributed by atoms with van der Waals surface area (Å²) in [6, 6.07) is 25.1. The standard InChI is InChI=1S/C31H34N2O3S2/c1-3-17-33(38(35,36)28-12-9-23(2)10-13-28)27-11-14-29-26(21-27)22-30(37-29)31(34)32-18-15-25(16-19-32)20-24-7-5-4-6-8-24/h4-14,21-22,25H,3,15-20H2,1-2H3. The molecule has 3 aromatic carbocycles. The molecule has 1 aliphatic rings. The number of fused-ring (bicyclic) bond motifs is 1. The topological polar surface area (TPSA) is 57.7 Å². The van der Waals surface area contributed by atoms with Gasteiger partial charge in [-0.05, 0) is 85.9 Å². The minimum atomic E-state index is -3.69. The van der Waals surface area contributed by atoms with E-state index in [9.17, 15) is 13.2 Å². The molecule has 5 nitrogen and oxygen atoms in total. The van der Waals surface area contributed by atoms with Crippen LogP contribution in [0.3, 0.4) is 0 Å². The van der Waals surface area contributed by atoms with Crippen LogP contribution >= 0.6 is 11.3 Å². The second-order valence-electron chi connectivity index (χ2n) is 10.1. The number of nitrogens with zero attached hydrogens (tertiary/aromatic N) is 2. The summed E-state index contributed by atoms with van der Waals surface area (Å²) in [4.78, 5) is 16.3. The average molecular weight is 547 g/mol. The Kier molecular flexibility index (Phi) is 7.86. The van der Waals surface area contributed by atoms with Crippen molar-refractivity contribution in [2.24, 2.45) is 5.92 Å². The van der Waals surface area contributed by atoms with E-state index in [2.05, 4.69) is 24.3 Å². The summed E-state index contributed by atoms with van der Waals surface area (Å²) in [5, 5.41) is 0.898. The Morgan fingerprint density at radius 1 is 0.974 bits per heavy atom. The number of thiophene rings is 1. The fourth-order valence-corrected chi connectivity index (χ4v) is 7.72. The highest BCUT2D eigenvalue weighted by Gasteiger charge is 2.27. The van der Waals surface area contributed by atoms with Gasteiger partial charge in [0.15, 0.2) is 0 Å². The molecule has 7 heteroatoms. The average Bonchev–Trinajstić information content (AvgIpc) is 3.36. The molecule has 0 bridgehead atoms. The van der Waals surface area contributed by atoms with E-state index in [1.807, 2.05) is 61.2 Å². The Balaban J connectivity index is 1.32. The number of aryl methyl sites for hydroxylation is 1. The molecule has 1 saturated heterocycles. The van der Waals surface area contributed by atoms with E-state index < -0.39 is 10.0 Å². The predicted octanol–water partition coefficient (Wildman–Crippen LogP) is 6.91. The van der Waals surface area contributed by atoms with Gasteiger partial charge in [0.05, 0.1) is 15.5 Å². The van der Waals surface area contributed by atoms with E-state index in [0.29, 0.717) is 29.4 Å². The molecular weight excluding hydrogens is 512 g/mol. The monoisotopic (exact) mass is 546 g/mol. The summed E-state index contributed by atoms with van der Waals surface area (Å²) < 4.78 is 29.5. The lowest BCUT2D eigenvalue weighted by Gasteiger charge is -2.31. The summed E-state index contributed by atoms with van der Waals surface area (Å²) in [5.41, 5.74) is 3.00. The third-order valence-corrected chi connectivity index (χ3v) is 10.2. The van der Waals surface area contributed by atoms with Gasteiger partial charge in [0.2, 0.25) is 0 Å².